The molecule has 0 unspecified atom stereocenters. The molecule has 3 aromatic rings. The Bertz CT molecular complexity index is 1140. The van der Waals surface area contributed by atoms with Gasteiger partial charge in [0.2, 0.25) is 5.91 Å². The lowest BCUT2D eigenvalue weighted by atomic mass is 10.1. The molecule has 2 aromatic heterocycles. The molecule has 1 aromatic carbocycles. The van der Waals surface area contributed by atoms with Crippen molar-refractivity contribution in [2.45, 2.75) is 33.2 Å². The number of benzene rings is 1. The highest BCUT2D eigenvalue weighted by Gasteiger charge is 2.25. The number of hydrogen-bond acceptors (Lipinski definition) is 5. The fraction of sp³-hybridized carbons (Fsp3) is 0.391. The van der Waals surface area contributed by atoms with Crippen molar-refractivity contribution in [1.29, 1.82) is 0 Å². The monoisotopic (exact) mass is 457 g/mol. The van der Waals surface area contributed by atoms with E-state index in [4.69, 9.17) is 0 Å². The molecule has 0 radical (unpaired) electrons. The summed E-state index contributed by atoms with van der Waals surface area (Å²) in [5, 5.41) is 4.18. The normalized spacial score (nSPS) is 15.2. The van der Waals surface area contributed by atoms with Gasteiger partial charge in [-0.25, -0.2) is 18.7 Å². The van der Waals surface area contributed by atoms with E-state index < -0.39 is 13.8 Å². The van der Waals surface area contributed by atoms with Crippen LogP contribution in [-0.4, -0.2) is 51.2 Å². The third-order valence-corrected chi connectivity index (χ3v) is 7.99. The quantitative estimate of drug-likeness (QED) is 0.586. The third-order valence-electron chi connectivity index (χ3n) is 5.62. The number of nitrogens with zero attached hydrogens (tertiary/aromatic N) is 4. The maximum Gasteiger partial charge on any atom is 0.270 e. The Kier molecular flexibility index (Phi) is 6.33. The number of halogens is 2. The number of aryl methyl sites for hydroxylation is 1. The molecule has 3 heterocycles. The predicted molar refractivity (Wildman–Crippen MR) is 124 cm³/mol. The topological polar surface area (TPSA) is 71.0 Å². The van der Waals surface area contributed by atoms with Crippen molar-refractivity contribution in [3.05, 3.63) is 53.5 Å². The van der Waals surface area contributed by atoms with Gasteiger partial charge in [0.05, 0.1) is 17.1 Å². The summed E-state index contributed by atoms with van der Waals surface area (Å²) in [4.78, 5) is 27.2. The van der Waals surface area contributed by atoms with Gasteiger partial charge < -0.3 is 10.2 Å². The first-order chi connectivity index (χ1) is 15.2. The highest BCUT2D eigenvalue weighted by Crippen LogP contribution is 2.37. The average Bonchev–Trinajstić information content (AvgIpc) is 2.77. The Morgan fingerprint density at radius 2 is 1.97 bits per heavy atom. The van der Waals surface area contributed by atoms with Gasteiger partial charge in [-0.2, -0.15) is 0 Å². The number of anilines is 1. The molecule has 0 bridgehead atoms. The van der Waals surface area contributed by atoms with E-state index in [0.717, 1.165) is 54.2 Å². The second-order valence-corrected chi connectivity index (χ2v) is 10.5. The molecular formula is C23H26F2N5OP. The largest absolute Gasteiger partial charge is 0.365 e. The molecule has 32 heavy (non-hydrogen) atoms. The van der Waals surface area contributed by atoms with Crippen LogP contribution >= 0.6 is 7.92 Å². The Hall–Kier alpha value is -2.73. The van der Waals surface area contributed by atoms with E-state index in [1.54, 1.807) is 19.2 Å². The van der Waals surface area contributed by atoms with Crippen LogP contribution < -0.4 is 10.8 Å². The molecule has 0 aliphatic carbocycles. The van der Waals surface area contributed by atoms with Gasteiger partial charge in [0.25, 0.3) is 5.92 Å². The summed E-state index contributed by atoms with van der Waals surface area (Å²) in [6.45, 7) is 6.21. The maximum absolute atomic E-state index is 13.7. The molecule has 6 nitrogen and oxygen atoms in total. The van der Waals surface area contributed by atoms with Gasteiger partial charge in [-0.1, -0.05) is 26.1 Å². The number of nitrogens with one attached hydrogen (secondary N) is 1. The lowest BCUT2D eigenvalue weighted by Crippen LogP contribution is -2.38. The molecule has 0 atom stereocenters. The molecular weight excluding hydrogens is 431 g/mol. The zero-order valence-corrected chi connectivity index (χ0v) is 19.3. The summed E-state index contributed by atoms with van der Waals surface area (Å²) in [7, 11) is -0.454. The van der Waals surface area contributed by atoms with Crippen molar-refractivity contribution in [2.24, 2.45) is 0 Å². The summed E-state index contributed by atoms with van der Waals surface area (Å²) in [6.07, 6.45) is 3.64. The number of hydrogen-bond donors (Lipinski definition) is 1. The molecule has 0 spiro atoms. The zero-order chi connectivity index (χ0) is 22.9. The first-order valence-electron chi connectivity index (χ1n) is 10.6. The van der Waals surface area contributed by atoms with E-state index in [0.29, 0.717) is 18.2 Å². The third kappa shape index (κ3) is 5.01. The summed E-state index contributed by atoms with van der Waals surface area (Å²) in [5.41, 5.74) is 2.52. The second-order valence-electron chi connectivity index (χ2n) is 8.11. The molecule has 1 aliphatic heterocycles. The number of fused-ring (bicyclic) bond motifs is 1. The van der Waals surface area contributed by atoms with Crippen molar-refractivity contribution in [1.82, 2.24) is 19.9 Å². The molecule has 9 heteroatoms. The van der Waals surface area contributed by atoms with E-state index in [9.17, 15) is 13.6 Å². The van der Waals surface area contributed by atoms with E-state index in [2.05, 4.69) is 20.3 Å². The Morgan fingerprint density at radius 1 is 1.22 bits per heavy atom. The van der Waals surface area contributed by atoms with Crippen LogP contribution in [0.15, 0.2) is 36.5 Å². The van der Waals surface area contributed by atoms with Gasteiger partial charge in [0.15, 0.2) is 0 Å². The molecule has 0 saturated carbocycles. The van der Waals surface area contributed by atoms with Crippen LogP contribution in [0.1, 0.15) is 30.8 Å². The smallest absolute Gasteiger partial charge is 0.270 e. The molecule has 4 rings (SSSR count). The van der Waals surface area contributed by atoms with Crippen molar-refractivity contribution < 1.29 is 13.6 Å². The molecule has 1 saturated heterocycles. The molecule has 1 aliphatic rings. The van der Waals surface area contributed by atoms with Crippen LogP contribution in [0.3, 0.4) is 0 Å². The van der Waals surface area contributed by atoms with Crippen molar-refractivity contribution in [3.63, 3.8) is 0 Å². The van der Waals surface area contributed by atoms with Gasteiger partial charge in [0, 0.05) is 44.4 Å². The number of rotatable bonds is 5. The van der Waals surface area contributed by atoms with Gasteiger partial charge >= 0.3 is 0 Å². The van der Waals surface area contributed by atoms with Gasteiger partial charge in [-0.3, -0.25) is 9.78 Å². The number of alkyl halides is 2. The van der Waals surface area contributed by atoms with E-state index >= 15 is 0 Å². The van der Waals surface area contributed by atoms with Crippen molar-refractivity contribution in [2.75, 3.05) is 30.7 Å². The van der Waals surface area contributed by atoms with Crippen LogP contribution in [0.2, 0.25) is 0 Å². The van der Waals surface area contributed by atoms with Crippen LogP contribution in [0.4, 0.5) is 14.6 Å². The maximum atomic E-state index is 13.7. The summed E-state index contributed by atoms with van der Waals surface area (Å²) in [6, 6.07) is 8.46. The number of pyridine rings is 1. The molecule has 1 fully saturated rings. The standard InChI is InChI=1S/C23H26F2N5OP/c1-15-28-20-14-26-21(32-9-7-30(8-10-32)16(2)31)12-19(20)22(29-15)27-13-17-5-4-6-18(11-17)23(3,24)25/h4-6,11-12,14H,7-10,13H2,1-3H3,(H,27,28,29). The van der Waals surface area contributed by atoms with Crippen molar-refractivity contribution in [3.8, 4) is 0 Å². The van der Waals surface area contributed by atoms with Crippen LogP contribution in [0.25, 0.3) is 10.9 Å². The Balaban J connectivity index is 1.58. The fourth-order valence-corrected chi connectivity index (χ4v) is 6.02. The molecule has 1 amide bonds. The minimum atomic E-state index is -2.88. The van der Waals surface area contributed by atoms with Gasteiger partial charge in [-0.05, 0) is 36.9 Å². The Labute approximate surface area is 187 Å². The number of amides is 1. The summed E-state index contributed by atoms with van der Waals surface area (Å²) >= 11 is 0. The Morgan fingerprint density at radius 3 is 2.66 bits per heavy atom. The molecule has 1 N–H and O–H groups in total. The predicted octanol–water partition coefficient (Wildman–Crippen LogP) is 4.03. The lowest BCUT2D eigenvalue weighted by Gasteiger charge is -2.31. The average molecular weight is 457 g/mol. The zero-order valence-electron chi connectivity index (χ0n) is 18.4. The highest BCUT2D eigenvalue weighted by molar-refractivity contribution is 7.65. The number of aromatic nitrogens is 3. The first kappa shape index (κ1) is 22.5. The van der Waals surface area contributed by atoms with Crippen LogP contribution in [0, 0.1) is 6.92 Å². The second kappa shape index (κ2) is 9.02. The number of carbonyl (C=O) groups excluding carboxylic acids is 1. The molecule has 168 valence electrons. The van der Waals surface area contributed by atoms with Crippen LogP contribution in [0.5, 0.6) is 0 Å². The highest BCUT2D eigenvalue weighted by atomic mass is 31.1. The summed E-state index contributed by atoms with van der Waals surface area (Å²) < 4.78 is 27.4. The van der Waals surface area contributed by atoms with Gasteiger partial charge in [0.1, 0.15) is 11.6 Å². The minimum Gasteiger partial charge on any atom is -0.365 e. The van der Waals surface area contributed by atoms with Crippen molar-refractivity contribution >= 4 is 36.0 Å². The van der Waals surface area contributed by atoms with Crippen LogP contribution in [-0.2, 0) is 17.3 Å². The minimum absolute atomic E-state index is 0.00767. The lowest BCUT2D eigenvalue weighted by molar-refractivity contribution is -0.128. The van der Waals surface area contributed by atoms with E-state index in [-0.39, 0.29) is 11.5 Å². The fourth-order valence-electron chi connectivity index (χ4n) is 3.84. The van der Waals surface area contributed by atoms with E-state index in [1.165, 1.54) is 12.1 Å². The number of carbonyl (C=O) groups is 1. The van der Waals surface area contributed by atoms with E-state index in [1.807, 2.05) is 24.0 Å². The SMILES string of the molecule is CC(=O)N1CCP(c2cc3c(NCc4cccc(C(C)(F)F)c4)nc(C)nc3cn2)CC1. The summed E-state index contributed by atoms with van der Waals surface area (Å²) in [5.74, 6) is -1.48. The first-order valence-corrected chi connectivity index (χ1v) is 12.3. The van der Waals surface area contributed by atoms with Gasteiger partial charge in [-0.15, -0.1) is 0 Å².